The maximum Gasteiger partial charge on any atom is 2.00 e. The molecule has 2 aliphatic rings. The van der Waals surface area contributed by atoms with Gasteiger partial charge in [0.05, 0.1) is 11.7 Å². The molecule has 1 aliphatic heterocycles. The molecule has 0 fully saturated rings. The van der Waals surface area contributed by atoms with Crippen LogP contribution in [0.4, 0.5) is 22.0 Å². The van der Waals surface area contributed by atoms with Crippen molar-refractivity contribution in [3.63, 3.8) is 0 Å². The van der Waals surface area contributed by atoms with Gasteiger partial charge in [-0.1, -0.05) is 57.7 Å². The number of hydrogen-bond acceptors (Lipinski definition) is 5. The number of allylic oxidation sites excluding steroid dienone is 4. The van der Waals surface area contributed by atoms with E-state index in [9.17, 15) is 31.5 Å². The first-order chi connectivity index (χ1) is 18.2. The second-order valence-corrected chi connectivity index (χ2v) is 9.61. The number of nitrogens with one attached hydrogen (secondary N) is 1. The first kappa shape index (κ1) is 35.9. The Balaban J connectivity index is 0.000000395. The van der Waals surface area contributed by atoms with Crippen molar-refractivity contribution in [2.24, 2.45) is 17.6 Å². The molecular formula is C28H34F5N3O3U. The molecule has 0 bridgehead atoms. The zero-order valence-corrected chi connectivity index (χ0v) is 26.9. The predicted octanol–water partition coefficient (Wildman–Crippen LogP) is 6.14. The summed E-state index contributed by atoms with van der Waals surface area (Å²) in [7, 11) is 0. The average Bonchev–Trinajstić information content (AvgIpc) is 2.86. The Kier molecular flexibility index (Phi) is 13.6. The summed E-state index contributed by atoms with van der Waals surface area (Å²) >= 11 is 0. The quantitative estimate of drug-likeness (QED) is 0.188. The van der Waals surface area contributed by atoms with Gasteiger partial charge in [-0.2, -0.15) is 19.2 Å². The molecule has 1 aliphatic carbocycles. The summed E-state index contributed by atoms with van der Waals surface area (Å²) in [6, 6.07) is 2.90. The summed E-state index contributed by atoms with van der Waals surface area (Å²) in [5.74, 6) is -4.56. The number of rotatable bonds is 8. The van der Waals surface area contributed by atoms with Crippen LogP contribution in [0.5, 0.6) is 0 Å². The monoisotopic (exact) mass is 793 g/mol. The van der Waals surface area contributed by atoms with E-state index in [1.54, 1.807) is 6.08 Å². The number of nitrogens with zero attached hydrogens (tertiary/aromatic N) is 1. The number of nitrogens with two attached hydrogens (primary N) is 1. The molecule has 0 aromatic heterocycles. The molecule has 1 heterocycles. The van der Waals surface area contributed by atoms with E-state index in [2.05, 4.69) is 6.92 Å². The average molecular weight is 794 g/mol. The number of ether oxygens (including phenoxy) is 1. The zero-order valence-electron chi connectivity index (χ0n) is 22.7. The summed E-state index contributed by atoms with van der Waals surface area (Å²) in [6.07, 6.45) is 2.50. The third-order valence-corrected chi connectivity index (χ3v) is 6.50. The number of hydrogen-bond donors (Lipinski definition) is 2. The fourth-order valence-electron chi connectivity index (χ4n) is 4.45. The van der Waals surface area contributed by atoms with Gasteiger partial charge in [-0.25, -0.2) is 20.8 Å². The third kappa shape index (κ3) is 8.67. The molecule has 6 nitrogen and oxygen atoms in total. The van der Waals surface area contributed by atoms with Crippen molar-refractivity contribution >= 4 is 18.2 Å². The predicted molar refractivity (Wildman–Crippen MR) is 137 cm³/mol. The minimum atomic E-state index is -4.33. The van der Waals surface area contributed by atoms with Crippen LogP contribution in [0.1, 0.15) is 58.4 Å². The molecule has 1 aromatic carbocycles. The van der Waals surface area contributed by atoms with Crippen LogP contribution < -0.4 is 5.73 Å². The smallest absolute Gasteiger partial charge is 0.450 e. The molecule has 40 heavy (non-hydrogen) atoms. The molecule has 0 saturated carbocycles. The van der Waals surface area contributed by atoms with E-state index in [4.69, 9.17) is 15.9 Å². The molecule has 0 spiro atoms. The van der Waals surface area contributed by atoms with Gasteiger partial charge >= 0.3 is 37.3 Å². The van der Waals surface area contributed by atoms with Gasteiger partial charge in [0.15, 0.2) is 17.5 Å². The molecule has 0 radical (unpaired) electrons. The van der Waals surface area contributed by atoms with E-state index in [0.29, 0.717) is 12.2 Å². The van der Waals surface area contributed by atoms with Crippen molar-refractivity contribution in [3.8, 4) is 0 Å². The molecule has 12 heteroatoms. The number of carbonyl (C=O) groups is 2. The van der Waals surface area contributed by atoms with Crippen molar-refractivity contribution in [1.29, 1.82) is 5.41 Å². The van der Waals surface area contributed by atoms with Crippen molar-refractivity contribution in [1.82, 2.24) is 4.90 Å². The minimum absolute atomic E-state index is 0. The molecule has 3 rings (SSSR count). The number of carbonyl (C=O) groups excluding carboxylic acids is 2. The second-order valence-electron chi connectivity index (χ2n) is 9.61. The topological polar surface area (TPSA) is 96.5 Å². The Morgan fingerprint density at radius 1 is 1.25 bits per heavy atom. The van der Waals surface area contributed by atoms with E-state index in [1.165, 1.54) is 13.0 Å². The van der Waals surface area contributed by atoms with Gasteiger partial charge in [0.25, 0.3) is 5.91 Å². The van der Waals surface area contributed by atoms with Crippen LogP contribution in [0, 0.1) is 73.3 Å². The van der Waals surface area contributed by atoms with E-state index in [0.717, 1.165) is 48.3 Å². The number of halogens is 5. The van der Waals surface area contributed by atoms with Gasteiger partial charge < -0.3 is 22.3 Å². The normalized spacial score (nSPS) is 19.9. The van der Waals surface area contributed by atoms with Gasteiger partial charge in [0, 0.05) is 6.42 Å². The van der Waals surface area contributed by atoms with Crippen molar-refractivity contribution < 1.29 is 67.4 Å². The summed E-state index contributed by atoms with van der Waals surface area (Å²) in [5, 5.41) is 7.58. The molecule has 218 valence electrons. The van der Waals surface area contributed by atoms with Gasteiger partial charge in [-0.15, -0.1) is 0 Å². The second kappa shape index (κ2) is 15.2. The van der Waals surface area contributed by atoms with E-state index in [-0.39, 0.29) is 60.6 Å². The molecular weight excluding hydrogens is 759 g/mol. The fraction of sp³-hybridized carbons (Fsp3) is 0.464. The Morgan fingerprint density at radius 3 is 2.40 bits per heavy atom. The Bertz CT molecular complexity index is 1130. The first-order valence-electron chi connectivity index (χ1n) is 12.6. The van der Waals surface area contributed by atoms with Crippen LogP contribution in [-0.2, 0) is 19.9 Å². The van der Waals surface area contributed by atoms with E-state index in [1.807, 2.05) is 20.3 Å². The third-order valence-electron chi connectivity index (χ3n) is 6.50. The standard InChI is InChI=1S/C16H21F3NO.C12H13F2N2O2.U/c1-3-5-10-7-11(6-4-2)15-12(8-10)13(16(17,18)19)9-14(20)21-15;1-3-16(7-17)11(18)12(2,15)8-4-5-9(13)10(14)6-8;/h7-8,11,13,20H,3-6,9H2,1-2H3;4-7H,1,3,15H2,2H3;/q2*-1;+2. The van der Waals surface area contributed by atoms with Crippen molar-refractivity contribution in [2.45, 2.75) is 64.6 Å². The Morgan fingerprint density at radius 2 is 1.90 bits per heavy atom. The van der Waals surface area contributed by atoms with Crippen LogP contribution in [0.25, 0.3) is 0 Å². The molecule has 1 aromatic rings. The summed E-state index contributed by atoms with van der Waals surface area (Å²) in [5.41, 5.74) is 5.43. The van der Waals surface area contributed by atoms with Crippen LogP contribution >= 0.6 is 0 Å². The number of imide groups is 1. The van der Waals surface area contributed by atoms with E-state index < -0.39 is 41.6 Å². The molecule has 3 atom stereocenters. The maximum atomic E-state index is 13.3. The summed E-state index contributed by atoms with van der Waals surface area (Å²) in [6.45, 7) is 8.63. The molecule has 0 saturated heterocycles. The SMILES string of the molecule is CCCC1=CC2=C(OC(=N)CC2C(F)(F)F)C(CCC)[CH-]1.[CH2-]CN(C=O)C(=O)C(C)(N)c1ccc(F)c(F)c1.[U+2]. The Labute approximate surface area is 255 Å². The van der Waals surface area contributed by atoms with Gasteiger partial charge in [0.2, 0.25) is 6.41 Å². The summed E-state index contributed by atoms with van der Waals surface area (Å²) in [4.78, 5) is 23.4. The number of alkyl halides is 3. The van der Waals surface area contributed by atoms with Crippen LogP contribution in [0.15, 0.2) is 41.2 Å². The fourth-order valence-corrected chi connectivity index (χ4v) is 4.45. The van der Waals surface area contributed by atoms with Crippen LogP contribution in [0.2, 0.25) is 0 Å². The molecule has 2 amide bonds. The molecule has 3 N–H and O–H groups in total. The minimum Gasteiger partial charge on any atom is -0.450 e. The molecule has 3 unspecified atom stereocenters. The number of amides is 2. The first-order valence-corrected chi connectivity index (χ1v) is 12.6. The largest absolute Gasteiger partial charge is 2.00 e. The maximum absolute atomic E-state index is 13.3. The summed E-state index contributed by atoms with van der Waals surface area (Å²) < 4.78 is 71.2. The van der Waals surface area contributed by atoms with Gasteiger partial charge in [-0.3, -0.25) is 15.0 Å². The Hall–Kier alpha value is -2.16. The number of benzene rings is 1. The zero-order chi connectivity index (χ0) is 29.5. The van der Waals surface area contributed by atoms with Crippen molar-refractivity contribution in [2.75, 3.05) is 6.54 Å². The van der Waals surface area contributed by atoms with Gasteiger partial charge in [-0.05, 0) is 30.5 Å². The van der Waals surface area contributed by atoms with Gasteiger partial charge in [0.1, 0.15) is 5.54 Å². The van der Waals surface area contributed by atoms with Crippen LogP contribution in [-0.4, -0.2) is 35.8 Å². The van der Waals surface area contributed by atoms with E-state index >= 15 is 0 Å². The van der Waals surface area contributed by atoms with Crippen LogP contribution in [0.3, 0.4) is 0 Å². The van der Waals surface area contributed by atoms with Crippen molar-refractivity contribution in [3.05, 3.63) is 71.7 Å².